The third-order valence-corrected chi connectivity index (χ3v) is 6.65. The van der Waals surface area contributed by atoms with Crippen LogP contribution in [0.15, 0.2) is 104 Å². The number of alkyl carbamates (subject to hydrolysis) is 1. The van der Waals surface area contributed by atoms with Gasteiger partial charge in [-0.1, -0.05) is 91.0 Å². The summed E-state index contributed by atoms with van der Waals surface area (Å²) in [5.41, 5.74) is 2.06. The second kappa shape index (κ2) is 13.2. The molecule has 0 fully saturated rings. The number of ether oxygens (including phenoxy) is 2. The minimum Gasteiger partial charge on any atom is -0.468 e. The van der Waals surface area contributed by atoms with E-state index in [4.69, 9.17) is 4.74 Å². The molecule has 0 aliphatic heterocycles. The van der Waals surface area contributed by atoms with Gasteiger partial charge >= 0.3 is 12.1 Å². The fourth-order valence-corrected chi connectivity index (χ4v) is 4.86. The summed E-state index contributed by atoms with van der Waals surface area (Å²) in [4.78, 5) is 42.1. The summed E-state index contributed by atoms with van der Waals surface area (Å²) >= 11 is 0. The van der Waals surface area contributed by atoms with Gasteiger partial charge in [-0.05, 0) is 37.5 Å². The van der Waals surface area contributed by atoms with Gasteiger partial charge in [0.15, 0.2) is 0 Å². The molecule has 0 aliphatic rings. The molecule has 0 spiro atoms. The average molecular weight is 569 g/mol. The lowest BCUT2D eigenvalue weighted by molar-refractivity contribution is -0.141. The van der Waals surface area contributed by atoms with Crippen LogP contribution < -0.4 is 10.6 Å². The number of benzene rings is 3. The van der Waals surface area contributed by atoms with Crippen molar-refractivity contribution >= 4 is 18.0 Å². The predicted molar refractivity (Wildman–Crippen MR) is 159 cm³/mol. The van der Waals surface area contributed by atoms with E-state index in [1.807, 2.05) is 65.4 Å². The van der Waals surface area contributed by atoms with Crippen molar-refractivity contribution < 1.29 is 23.9 Å². The maximum atomic E-state index is 13.1. The highest BCUT2D eigenvalue weighted by Gasteiger charge is 2.38. The monoisotopic (exact) mass is 568 g/mol. The van der Waals surface area contributed by atoms with Crippen molar-refractivity contribution in [3.63, 3.8) is 0 Å². The zero-order valence-corrected chi connectivity index (χ0v) is 24.2. The van der Waals surface area contributed by atoms with Crippen LogP contribution in [0.2, 0.25) is 0 Å². The number of methoxy groups -OCH3 is 1. The lowest BCUT2D eigenvalue weighted by atomic mass is 9.77. The Morgan fingerprint density at radius 3 is 1.79 bits per heavy atom. The molecule has 9 nitrogen and oxygen atoms in total. The van der Waals surface area contributed by atoms with E-state index in [2.05, 4.69) is 56.8 Å². The molecule has 0 radical (unpaired) electrons. The molecule has 3 aromatic carbocycles. The first-order chi connectivity index (χ1) is 20.1. The van der Waals surface area contributed by atoms with Crippen LogP contribution in [0, 0.1) is 0 Å². The highest BCUT2D eigenvalue weighted by atomic mass is 16.6. The van der Waals surface area contributed by atoms with Crippen LogP contribution in [0.1, 0.15) is 43.2 Å². The number of nitrogens with one attached hydrogen (secondary N) is 2. The summed E-state index contributed by atoms with van der Waals surface area (Å²) in [5.74, 6) is -1.18. The summed E-state index contributed by atoms with van der Waals surface area (Å²) in [6.45, 7) is 4.86. The average Bonchev–Trinajstić information content (AvgIpc) is 3.45. The van der Waals surface area contributed by atoms with E-state index in [1.165, 1.54) is 7.11 Å². The van der Waals surface area contributed by atoms with E-state index in [0.29, 0.717) is 5.69 Å². The third-order valence-electron chi connectivity index (χ3n) is 6.65. The number of hydrogen-bond donors (Lipinski definition) is 2. The van der Waals surface area contributed by atoms with Crippen LogP contribution in [-0.4, -0.2) is 52.8 Å². The number of rotatable bonds is 10. The molecule has 0 aliphatic carbocycles. The number of aromatic nitrogens is 2. The summed E-state index contributed by atoms with van der Waals surface area (Å²) in [6.07, 6.45) is 2.91. The number of carbonyl (C=O) groups excluding carboxylic acids is 3. The number of nitrogens with zero attached hydrogens (tertiary/aromatic N) is 2. The largest absolute Gasteiger partial charge is 0.468 e. The first kappa shape index (κ1) is 30.0. The fourth-order valence-electron chi connectivity index (χ4n) is 4.86. The predicted octanol–water partition coefficient (Wildman–Crippen LogP) is 4.45. The van der Waals surface area contributed by atoms with E-state index in [1.54, 1.807) is 27.1 Å². The molecule has 0 saturated carbocycles. The van der Waals surface area contributed by atoms with Crippen LogP contribution in [0.25, 0.3) is 0 Å². The van der Waals surface area contributed by atoms with E-state index in [-0.39, 0.29) is 13.0 Å². The molecule has 4 rings (SSSR count). The number of carbonyl (C=O) groups is 3. The Morgan fingerprint density at radius 1 is 0.833 bits per heavy atom. The minimum atomic E-state index is -1.06. The van der Waals surface area contributed by atoms with Gasteiger partial charge in [0.2, 0.25) is 5.91 Å². The van der Waals surface area contributed by atoms with Gasteiger partial charge in [-0.3, -0.25) is 9.59 Å². The minimum absolute atomic E-state index is 0.0493. The molecule has 1 heterocycles. The maximum absolute atomic E-state index is 13.1. The normalized spacial score (nSPS) is 12.2. The second-order valence-corrected chi connectivity index (χ2v) is 10.8. The molecule has 2 N–H and O–H groups in total. The first-order valence-electron chi connectivity index (χ1n) is 13.7. The Labute approximate surface area is 245 Å². The van der Waals surface area contributed by atoms with Crippen LogP contribution in [0.4, 0.5) is 4.79 Å². The molecule has 0 unspecified atom stereocenters. The summed E-state index contributed by atoms with van der Waals surface area (Å²) in [7, 11) is 1.23. The highest BCUT2D eigenvalue weighted by Crippen LogP contribution is 2.40. The quantitative estimate of drug-likeness (QED) is 0.216. The van der Waals surface area contributed by atoms with Crippen LogP contribution in [-0.2, 0) is 31.0 Å². The molecule has 9 heteroatoms. The molecule has 2 amide bonds. The molecule has 0 bridgehead atoms. The standard InChI is InChI=1S/C33H36N4O5/c1-32(2,3)42-31(40)36-28(30(39)34-21-29(38)41-4)20-27-22-37(23-35-27)33(24-14-8-5-9-15-24,25-16-10-6-11-17-25)26-18-12-7-13-19-26/h5-19,22-23,28H,20-21H2,1-4H3,(H,34,39)(H,36,40)/t28-/m0/s1. The van der Waals surface area contributed by atoms with E-state index < -0.39 is 35.2 Å². The van der Waals surface area contributed by atoms with Gasteiger partial charge in [0.25, 0.3) is 0 Å². The van der Waals surface area contributed by atoms with Gasteiger partial charge < -0.3 is 24.7 Å². The number of imidazole rings is 1. The number of amides is 2. The Kier molecular flexibility index (Phi) is 9.42. The molecular weight excluding hydrogens is 532 g/mol. The van der Waals surface area contributed by atoms with Crippen molar-refractivity contribution in [3.8, 4) is 0 Å². The van der Waals surface area contributed by atoms with Gasteiger partial charge in [-0.15, -0.1) is 0 Å². The Hall–Kier alpha value is -4.92. The lowest BCUT2D eigenvalue weighted by Crippen LogP contribution is -2.50. The SMILES string of the molecule is COC(=O)CNC(=O)[C@H](Cc1cn(C(c2ccccc2)(c2ccccc2)c2ccccc2)cn1)NC(=O)OC(C)(C)C. The summed E-state index contributed by atoms with van der Waals surface area (Å²) < 4.78 is 12.0. The zero-order chi connectivity index (χ0) is 30.2. The molecular formula is C33H36N4O5. The number of hydrogen-bond acceptors (Lipinski definition) is 6. The molecule has 42 heavy (non-hydrogen) atoms. The zero-order valence-electron chi connectivity index (χ0n) is 24.2. The van der Waals surface area contributed by atoms with Crippen LogP contribution in [0.5, 0.6) is 0 Å². The Balaban J connectivity index is 1.76. The molecule has 1 atom stereocenters. The third kappa shape index (κ3) is 7.04. The van der Waals surface area contributed by atoms with E-state index in [0.717, 1.165) is 16.7 Å². The van der Waals surface area contributed by atoms with Gasteiger partial charge in [0.05, 0.1) is 19.1 Å². The van der Waals surface area contributed by atoms with Gasteiger partial charge in [-0.2, -0.15) is 0 Å². The number of esters is 1. The summed E-state index contributed by atoms with van der Waals surface area (Å²) in [6, 6.07) is 29.3. The summed E-state index contributed by atoms with van der Waals surface area (Å²) in [5, 5.41) is 5.15. The topological polar surface area (TPSA) is 112 Å². The smallest absolute Gasteiger partial charge is 0.408 e. The van der Waals surface area contributed by atoms with E-state index >= 15 is 0 Å². The molecule has 4 aromatic rings. The van der Waals surface area contributed by atoms with Crippen LogP contribution in [0.3, 0.4) is 0 Å². The van der Waals surface area contributed by atoms with Crippen molar-refractivity contribution in [1.29, 1.82) is 0 Å². The highest BCUT2D eigenvalue weighted by molar-refractivity contribution is 5.88. The Bertz CT molecular complexity index is 1380. The second-order valence-electron chi connectivity index (χ2n) is 10.8. The van der Waals surface area contributed by atoms with Gasteiger partial charge in [0.1, 0.15) is 23.7 Å². The fraction of sp³-hybridized carbons (Fsp3) is 0.273. The van der Waals surface area contributed by atoms with Crippen molar-refractivity contribution in [2.45, 2.75) is 44.4 Å². The van der Waals surface area contributed by atoms with Crippen molar-refractivity contribution in [3.05, 3.63) is 126 Å². The molecule has 0 saturated heterocycles. The van der Waals surface area contributed by atoms with Crippen LogP contribution >= 0.6 is 0 Å². The van der Waals surface area contributed by atoms with Crippen molar-refractivity contribution in [2.24, 2.45) is 0 Å². The van der Waals surface area contributed by atoms with Gasteiger partial charge in [-0.25, -0.2) is 9.78 Å². The molecule has 1 aromatic heterocycles. The first-order valence-corrected chi connectivity index (χ1v) is 13.7. The van der Waals surface area contributed by atoms with Crippen molar-refractivity contribution in [1.82, 2.24) is 20.2 Å². The maximum Gasteiger partial charge on any atom is 0.408 e. The Morgan fingerprint density at radius 2 is 1.33 bits per heavy atom. The van der Waals surface area contributed by atoms with E-state index in [9.17, 15) is 14.4 Å². The lowest BCUT2D eigenvalue weighted by Gasteiger charge is -2.37. The van der Waals surface area contributed by atoms with Crippen molar-refractivity contribution in [2.75, 3.05) is 13.7 Å². The van der Waals surface area contributed by atoms with Gasteiger partial charge in [0, 0.05) is 12.6 Å². The molecule has 218 valence electrons.